The molecule has 2 aliphatic rings. The van der Waals surface area contributed by atoms with Crippen LogP contribution in [0.4, 0.5) is 0 Å². The molecule has 5 nitrogen and oxygen atoms in total. The van der Waals surface area contributed by atoms with Crippen LogP contribution >= 0.6 is 0 Å². The van der Waals surface area contributed by atoms with Gasteiger partial charge in [0.1, 0.15) is 6.04 Å². The molecule has 1 fully saturated rings. The topological polar surface area (TPSA) is 61.4 Å². The molecule has 27 heavy (non-hydrogen) atoms. The number of hydrogen-bond acceptors (Lipinski definition) is 3. The van der Waals surface area contributed by atoms with E-state index in [1.54, 1.807) is 4.90 Å². The second-order valence-corrected chi connectivity index (χ2v) is 7.28. The number of nitrogens with one attached hydrogen (secondary N) is 2. The van der Waals surface area contributed by atoms with Crippen LogP contribution in [-0.2, 0) is 29.2 Å². The SMILES string of the molecule is O=C(NCc1ccc2c(c1)CNC2)C(c1ccccc1)N1CCCCC1=O. The first-order valence-corrected chi connectivity index (χ1v) is 9.66. The van der Waals surface area contributed by atoms with E-state index in [9.17, 15) is 9.59 Å². The number of benzene rings is 2. The lowest BCUT2D eigenvalue weighted by Gasteiger charge is -2.34. The van der Waals surface area contributed by atoms with E-state index in [1.165, 1.54) is 11.1 Å². The molecule has 0 radical (unpaired) electrons. The summed E-state index contributed by atoms with van der Waals surface area (Å²) in [5.41, 5.74) is 4.57. The van der Waals surface area contributed by atoms with E-state index >= 15 is 0 Å². The van der Waals surface area contributed by atoms with Crippen LogP contribution in [0.15, 0.2) is 48.5 Å². The molecule has 5 heteroatoms. The van der Waals surface area contributed by atoms with E-state index in [2.05, 4.69) is 28.8 Å². The quantitative estimate of drug-likeness (QED) is 0.859. The maximum atomic E-state index is 13.1. The van der Waals surface area contributed by atoms with Crippen molar-refractivity contribution in [2.75, 3.05) is 6.54 Å². The Morgan fingerprint density at radius 1 is 1.07 bits per heavy atom. The molecule has 0 aliphatic carbocycles. The largest absolute Gasteiger partial charge is 0.350 e. The number of nitrogens with zero attached hydrogens (tertiary/aromatic N) is 1. The summed E-state index contributed by atoms with van der Waals surface area (Å²) in [7, 11) is 0. The molecular formula is C22H25N3O2. The Hall–Kier alpha value is -2.66. The second kappa shape index (κ2) is 7.92. The van der Waals surface area contributed by atoms with E-state index in [-0.39, 0.29) is 11.8 Å². The standard InChI is InChI=1S/C22H25N3O2/c26-20-8-4-5-11-25(20)21(17-6-2-1-3-7-17)22(27)24-13-16-9-10-18-14-23-15-19(18)12-16/h1-3,6-7,9-10,12,21,23H,4-5,8,11,13-15H2,(H,24,27). The smallest absolute Gasteiger partial charge is 0.247 e. The fourth-order valence-electron chi connectivity index (χ4n) is 3.95. The summed E-state index contributed by atoms with van der Waals surface area (Å²) < 4.78 is 0. The first kappa shape index (κ1) is 17.7. The monoisotopic (exact) mass is 363 g/mol. The number of rotatable bonds is 5. The van der Waals surface area contributed by atoms with Crippen LogP contribution in [0, 0.1) is 0 Å². The predicted octanol–water partition coefficient (Wildman–Crippen LogP) is 2.66. The molecule has 1 unspecified atom stereocenters. The van der Waals surface area contributed by atoms with Gasteiger partial charge in [-0.1, -0.05) is 48.5 Å². The minimum Gasteiger partial charge on any atom is -0.350 e. The van der Waals surface area contributed by atoms with Gasteiger partial charge in [-0.3, -0.25) is 9.59 Å². The minimum atomic E-state index is -0.560. The summed E-state index contributed by atoms with van der Waals surface area (Å²) in [6.45, 7) is 2.90. The van der Waals surface area contributed by atoms with Gasteiger partial charge in [0.25, 0.3) is 0 Å². The van der Waals surface area contributed by atoms with Crippen molar-refractivity contribution in [1.82, 2.24) is 15.5 Å². The number of likely N-dealkylation sites (tertiary alicyclic amines) is 1. The molecule has 2 aliphatic heterocycles. The molecule has 2 aromatic carbocycles. The van der Waals surface area contributed by atoms with Crippen molar-refractivity contribution in [3.63, 3.8) is 0 Å². The number of carbonyl (C=O) groups is 2. The summed E-state index contributed by atoms with van der Waals surface area (Å²) in [5.74, 6) is -0.0519. The van der Waals surface area contributed by atoms with Gasteiger partial charge in [-0.2, -0.15) is 0 Å². The van der Waals surface area contributed by atoms with Crippen LogP contribution in [-0.4, -0.2) is 23.3 Å². The van der Waals surface area contributed by atoms with E-state index < -0.39 is 6.04 Å². The highest BCUT2D eigenvalue weighted by atomic mass is 16.2. The molecule has 2 amide bonds. The highest BCUT2D eigenvalue weighted by molar-refractivity contribution is 5.89. The lowest BCUT2D eigenvalue weighted by Crippen LogP contribution is -2.45. The van der Waals surface area contributed by atoms with Crippen LogP contribution < -0.4 is 10.6 Å². The summed E-state index contributed by atoms with van der Waals surface area (Å²) in [6.07, 6.45) is 2.37. The molecule has 2 heterocycles. The normalized spacial score (nSPS) is 17.5. The van der Waals surface area contributed by atoms with Gasteiger partial charge in [-0.05, 0) is 35.1 Å². The van der Waals surface area contributed by atoms with Crippen molar-refractivity contribution in [3.8, 4) is 0 Å². The van der Waals surface area contributed by atoms with Gasteiger partial charge in [-0.25, -0.2) is 0 Å². The van der Waals surface area contributed by atoms with Gasteiger partial charge in [0, 0.05) is 32.6 Å². The Bertz CT molecular complexity index is 835. The Morgan fingerprint density at radius 2 is 1.89 bits per heavy atom. The maximum absolute atomic E-state index is 13.1. The molecule has 2 aromatic rings. The zero-order chi connectivity index (χ0) is 18.6. The minimum absolute atomic E-state index is 0.0638. The molecule has 4 rings (SSSR count). The average molecular weight is 363 g/mol. The Labute approximate surface area is 159 Å². The van der Waals surface area contributed by atoms with Gasteiger partial charge < -0.3 is 15.5 Å². The molecular weight excluding hydrogens is 338 g/mol. The van der Waals surface area contributed by atoms with E-state index in [1.807, 2.05) is 30.3 Å². The predicted molar refractivity (Wildman–Crippen MR) is 104 cm³/mol. The molecule has 0 bridgehead atoms. The second-order valence-electron chi connectivity index (χ2n) is 7.28. The van der Waals surface area contributed by atoms with Gasteiger partial charge in [0.2, 0.25) is 11.8 Å². The molecule has 140 valence electrons. The molecule has 0 saturated carbocycles. The number of carbonyl (C=O) groups excluding carboxylic acids is 2. The van der Waals surface area contributed by atoms with E-state index in [0.717, 1.165) is 37.1 Å². The fraction of sp³-hybridized carbons (Fsp3) is 0.364. The van der Waals surface area contributed by atoms with Crippen molar-refractivity contribution >= 4 is 11.8 Å². The lowest BCUT2D eigenvalue weighted by molar-refractivity contribution is -0.142. The van der Waals surface area contributed by atoms with Crippen LogP contribution in [0.1, 0.15) is 47.6 Å². The average Bonchev–Trinajstić information content (AvgIpc) is 3.17. The van der Waals surface area contributed by atoms with Crippen LogP contribution in [0.25, 0.3) is 0 Å². The summed E-state index contributed by atoms with van der Waals surface area (Å²) in [4.78, 5) is 27.3. The van der Waals surface area contributed by atoms with E-state index in [4.69, 9.17) is 0 Å². The number of amides is 2. The van der Waals surface area contributed by atoms with Gasteiger partial charge in [0.05, 0.1) is 0 Å². The van der Waals surface area contributed by atoms with Gasteiger partial charge in [-0.15, -0.1) is 0 Å². The molecule has 0 spiro atoms. The first-order chi connectivity index (χ1) is 13.2. The van der Waals surface area contributed by atoms with Crippen molar-refractivity contribution < 1.29 is 9.59 Å². The Kier molecular flexibility index (Phi) is 5.21. The Balaban J connectivity index is 1.51. The summed E-state index contributed by atoms with van der Waals surface area (Å²) >= 11 is 0. The molecule has 1 atom stereocenters. The third kappa shape index (κ3) is 3.88. The molecule has 1 saturated heterocycles. The number of fused-ring (bicyclic) bond motifs is 1. The van der Waals surface area contributed by atoms with Crippen molar-refractivity contribution in [2.24, 2.45) is 0 Å². The highest BCUT2D eigenvalue weighted by Crippen LogP contribution is 2.26. The molecule has 0 aromatic heterocycles. The summed E-state index contributed by atoms with van der Waals surface area (Å²) in [5, 5.41) is 6.39. The summed E-state index contributed by atoms with van der Waals surface area (Å²) in [6, 6.07) is 15.4. The third-order valence-corrected chi connectivity index (χ3v) is 5.40. The zero-order valence-electron chi connectivity index (χ0n) is 15.4. The van der Waals surface area contributed by atoms with Crippen LogP contribution in [0.3, 0.4) is 0 Å². The lowest BCUT2D eigenvalue weighted by atomic mass is 10.00. The zero-order valence-corrected chi connectivity index (χ0v) is 15.4. The van der Waals surface area contributed by atoms with Gasteiger partial charge in [0.15, 0.2) is 0 Å². The maximum Gasteiger partial charge on any atom is 0.247 e. The Morgan fingerprint density at radius 3 is 2.70 bits per heavy atom. The van der Waals surface area contributed by atoms with Gasteiger partial charge >= 0.3 is 0 Å². The third-order valence-electron chi connectivity index (χ3n) is 5.40. The van der Waals surface area contributed by atoms with Crippen LogP contribution in [0.5, 0.6) is 0 Å². The fourth-order valence-corrected chi connectivity index (χ4v) is 3.95. The van der Waals surface area contributed by atoms with Crippen molar-refractivity contribution in [2.45, 2.75) is 44.9 Å². The van der Waals surface area contributed by atoms with Crippen molar-refractivity contribution in [3.05, 3.63) is 70.8 Å². The van der Waals surface area contributed by atoms with Crippen LogP contribution in [0.2, 0.25) is 0 Å². The molecule has 2 N–H and O–H groups in total. The number of hydrogen-bond donors (Lipinski definition) is 2. The van der Waals surface area contributed by atoms with E-state index in [0.29, 0.717) is 19.5 Å². The van der Waals surface area contributed by atoms with Crippen molar-refractivity contribution in [1.29, 1.82) is 0 Å². The first-order valence-electron chi connectivity index (χ1n) is 9.66. The number of piperidine rings is 1. The highest BCUT2D eigenvalue weighted by Gasteiger charge is 2.32.